The van der Waals surface area contributed by atoms with Crippen LogP contribution in [0, 0.1) is 13.8 Å². The van der Waals surface area contributed by atoms with E-state index in [1.54, 1.807) is 13.8 Å². The molecule has 21 heavy (non-hydrogen) atoms. The van der Waals surface area contributed by atoms with Crippen LogP contribution in [0.15, 0.2) is 4.90 Å². The van der Waals surface area contributed by atoms with Crippen LogP contribution in [0.3, 0.4) is 0 Å². The Balaban J connectivity index is 2.36. The number of aliphatic carboxylic acids is 1. The zero-order valence-electron chi connectivity index (χ0n) is 12.5. The van der Waals surface area contributed by atoms with Gasteiger partial charge < -0.3 is 5.11 Å². The minimum absolute atomic E-state index is 0.0943. The molecule has 0 aromatic carbocycles. The molecule has 0 atom stereocenters. The maximum Gasteiger partial charge on any atom is 0.325 e. The van der Waals surface area contributed by atoms with Gasteiger partial charge >= 0.3 is 5.97 Å². The fraction of sp³-hybridized carbons (Fsp3) is 0.692. The number of carboxylic acid groups (broad SMARTS) is 1. The first-order chi connectivity index (χ1) is 9.65. The van der Waals surface area contributed by atoms with E-state index in [0.717, 1.165) is 25.7 Å². The number of nitrogens with zero attached hydrogens (tertiary/aromatic N) is 2. The third kappa shape index (κ3) is 3.26. The molecule has 2 rings (SSSR count). The number of sulfonamides is 1. The Kier molecular flexibility index (Phi) is 4.12. The second kappa shape index (κ2) is 5.42. The Morgan fingerprint density at radius 3 is 2.48 bits per heavy atom. The molecule has 118 valence electrons. The van der Waals surface area contributed by atoms with E-state index in [-0.39, 0.29) is 11.4 Å². The van der Waals surface area contributed by atoms with Gasteiger partial charge in [0, 0.05) is 5.54 Å². The van der Waals surface area contributed by atoms with E-state index in [0.29, 0.717) is 11.4 Å². The zero-order valence-corrected chi connectivity index (χ0v) is 13.3. The molecule has 0 saturated heterocycles. The Bertz CT molecular complexity index is 657. The smallest absolute Gasteiger partial charge is 0.325 e. The van der Waals surface area contributed by atoms with Gasteiger partial charge in [-0.2, -0.15) is 5.10 Å². The van der Waals surface area contributed by atoms with Crippen molar-refractivity contribution in [2.45, 2.75) is 63.4 Å². The molecule has 1 aromatic heterocycles. The molecule has 2 N–H and O–H groups in total. The van der Waals surface area contributed by atoms with Gasteiger partial charge in [0.05, 0.1) is 11.4 Å². The standard InChI is InChI=1S/C13H21N3O4S/c1-9-12(10(2)16(14-9)8-11(17)18)21(19,20)15-13(3)6-4-5-7-13/h15H,4-8H2,1-3H3,(H,17,18). The van der Waals surface area contributed by atoms with Crippen LogP contribution in [0.1, 0.15) is 44.0 Å². The molecule has 1 fully saturated rings. The first-order valence-corrected chi connectivity index (χ1v) is 8.43. The Morgan fingerprint density at radius 2 is 1.95 bits per heavy atom. The molecule has 0 bridgehead atoms. The Hall–Kier alpha value is -1.41. The largest absolute Gasteiger partial charge is 0.480 e. The Labute approximate surface area is 124 Å². The van der Waals surface area contributed by atoms with Gasteiger partial charge in [-0.1, -0.05) is 12.8 Å². The fourth-order valence-electron chi connectivity index (χ4n) is 2.98. The van der Waals surface area contributed by atoms with E-state index >= 15 is 0 Å². The first kappa shape index (κ1) is 16.0. The van der Waals surface area contributed by atoms with Crippen molar-refractivity contribution in [3.63, 3.8) is 0 Å². The van der Waals surface area contributed by atoms with Crippen LogP contribution in [0.5, 0.6) is 0 Å². The van der Waals surface area contributed by atoms with Gasteiger partial charge in [-0.3, -0.25) is 9.48 Å². The second-order valence-electron chi connectivity index (χ2n) is 5.92. The maximum absolute atomic E-state index is 12.6. The number of rotatable bonds is 5. The molecule has 7 nitrogen and oxygen atoms in total. The van der Waals surface area contributed by atoms with E-state index in [9.17, 15) is 13.2 Å². The van der Waals surface area contributed by atoms with Gasteiger partial charge in [0.25, 0.3) is 0 Å². The summed E-state index contributed by atoms with van der Waals surface area (Å²) in [5.41, 5.74) is 0.249. The van der Waals surface area contributed by atoms with Crippen molar-refractivity contribution in [2.75, 3.05) is 0 Å². The summed E-state index contributed by atoms with van der Waals surface area (Å²) in [6, 6.07) is 0. The number of aromatic nitrogens is 2. The first-order valence-electron chi connectivity index (χ1n) is 6.94. The molecule has 1 heterocycles. The number of nitrogens with one attached hydrogen (secondary N) is 1. The lowest BCUT2D eigenvalue weighted by Crippen LogP contribution is -2.43. The van der Waals surface area contributed by atoms with Crippen LogP contribution in [-0.4, -0.2) is 34.8 Å². The van der Waals surface area contributed by atoms with E-state index in [1.807, 2.05) is 6.92 Å². The summed E-state index contributed by atoms with van der Waals surface area (Å²) >= 11 is 0. The van der Waals surface area contributed by atoms with Crippen LogP contribution in [0.25, 0.3) is 0 Å². The van der Waals surface area contributed by atoms with E-state index in [1.165, 1.54) is 4.68 Å². The Morgan fingerprint density at radius 1 is 1.38 bits per heavy atom. The van der Waals surface area contributed by atoms with Crippen molar-refractivity contribution in [1.82, 2.24) is 14.5 Å². The van der Waals surface area contributed by atoms with Crippen molar-refractivity contribution >= 4 is 16.0 Å². The highest BCUT2D eigenvalue weighted by atomic mass is 32.2. The zero-order chi connectivity index (χ0) is 15.8. The number of hydrogen-bond donors (Lipinski definition) is 2. The molecule has 1 aromatic rings. The third-order valence-electron chi connectivity index (χ3n) is 3.96. The summed E-state index contributed by atoms with van der Waals surface area (Å²) in [4.78, 5) is 10.9. The van der Waals surface area contributed by atoms with Gasteiger partial charge in [0.1, 0.15) is 11.4 Å². The summed E-state index contributed by atoms with van der Waals surface area (Å²) in [6.07, 6.45) is 3.64. The molecule has 1 aliphatic carbocycles. The molecule has 0 spiro atoms. The minimum atomic E-state index is -3.70. The molecule has 0 amide bonds. The molecule has 1 saturated carbocycles. The lowest BCUT2D eigenvalue weighted by Gasteiger charge is -2.24. The normalized spacial score (nSPS) is 18.0. The lowest BCUT2D eigenvalue weighted by molar-refractivity contribution is -0.137. The van der Waals surface area contributed by atoms with E-state index < -0.39 is 21.5 Å². The van der Waals surface area contributed by atoms with E-state index in [2.05, 4.69) is 9.82 Å². The van der Waals surface area contributed by atoms with Gasteiger partial charge in [0.15, 0.2) is 0 Å². The van der Waals surface area contributed by atoms with Crippen molar-refractivity contribution in [3.8, 4) is 0 Å². The van der Waals surface area contributed by atoms with Gasteiger partial charge in [-0.25, -0.2) is 13.1 Å². The van der Waals surface area contributed by atoms with Crippen LogP contribution < -0.4 is 4.72 Å². The van der Waals surface area contributed by atoms with Crippen molar-refractivity contribution in [2.24, 2.45) is 0 Å². The van der Waals surface area contributed by atoms with Crippen LogP contribution in [0.4, 0.5) is 0 Å². The molecule has 1 aliphatic rings. The predicted octanol–water partition coefficient (Wildman–Crippen LogP) is 1.20. The molecule has 0 unspecified atom stereocenters. The summed E-state index contributed by atoms with van der Waals surface area (Å²) in [6.45, 7) is 4.72. The predicted molar refractivity (Wildman–Crippen MR) is 76.5 cm³/mol. The highest BCUT2D eigenvalue weighted by Gasteiger charge is 2.36. The van der Waals surface area contributed by atoms with Crippen LogP contribution in [0.2, 0.25) is 0 Å². The third-order valence-corrected chi connectivity index (χ3v) is 5.85. The highest BCUT2D eigenvalue weighted by Crippen LogP contribution is 2.31. The van der Waals surface area contributed by atoms with Crippen molar-refractivity contribution < 1.29 is 18.3 Å². The second-order valence-corrected chi connectivity index (χ2v) is 7.54. The number of carboxylic acids is 1. The summed E-state index contributed by atoms with van der Waals surface area (Å²) < 4.78 is 29.2. The SMILES string of the molecule is Cc1nn(CC(=O)O)c(C)c1S(=O)(=O)NC1(C)CCCC1. The molecular formula is C13H21N3O4S. The fourth-order valence-corrected chi connectivity index (χ4v) is 4.86. The van der Waals surface area contributed by atoms with Crippen molar-refractivity contribution in [3.05, 3.63) is 11.4 Å². The van der Waals surface area contributed by atoms with Gasteiger partial charge in [0.2, 0.25) is 10.0 Å². The maximum atomic E-state index is 12.6. The summed E-state index contributed by atoms with van der Waals surface area (Å²) in [7, 11) is -3.70. The average molecular weight is 315 g/mol. The van der Waals surface area contributed by atoms with Gasteiger partial charge in [-0.05, 0) is 33.6 Å². The van der Waals surface area contributed by atoms with Crippen molar-refractivity contribution in [1.29, 1.82) is 0 Å². The van der Waals surface area contributed by atoms with Crippen LogP contribution >= 0.6 is 0 Å². The average Bonchev–Trinajstić information content (AvgIpc) is 2.83. The number of hydrogen-bond acceptors (Lipinski definition) is 4. The topological polar surface area (TPSA) is 101 Å². The summed E-state index contributed by atoms with van der Waals surface area (Å²) in [5, 5.41) is 12.9. The van der Waals surface area contributed by atoms with Crippen LogP contribution in [-0.2, 0) is 21.4 Å². The lowest BCUT2D eigenvalue weighted by atomic mass is 10.0. The molecule has 0 radical (unpaired) electrons. The highest BCUT2D eigenvalue weighted by molar-refractivity contribution is 7.89. The van der Waals surface area contributed by atoms with Gasteiger partial charge in [-0.15, -0.1) is 0 Å². The quantitative estimate of drug-likeness (QED) is 0.850. The van der Waals surface area contributed by atoms with E-state index in [4.69, 9.17) is 5.11 Å². The monoisotopic (exact) mass is 315 g/mol. The number of carbonyl (C=O) groups is 1. The molecular weight excluding hydrogens is 294 g/mol. The number of aryl methyl sites for hydroxylation is 1. The summed E-state index contributed by atoms with van der Waals surface area (Å²) in [5.74, 6) is -1.06. The molecule has 8 heteroatoms. The minimum Gasteiger partial charge on any atom is -0.480 e. The molecule has 0 aliphatic heterocycles.